The Hall–Kier alpha value is -2.73. The van der Waals surface area contributed by atoms with Crippen LogP contribution in [0.15, 0.2) is 70.1 Å². The van der Waals surface area contributed by atoms with E-state index in [0.717, 1.165) is 15.6 Å². The Balaban J connectivity index is 1.93. The zero-order chi connectivity index (χ0) is 16.7. The van der Waals surface area contributed by atoms with E-state index in [2.05, 4.69) is 26.0 Å². The van der Waals surface area contributed by atoms with Crippen molar-refractivity contribution in [3.63, 3.8) is 0 Å². The molecule has 0 aliphatic rings. The van der Waals surface area contributed by atoms with Gasteiger partial charge in [-0.25, -0.2) is 13.9 Å². The molecule has 2 aromatic carbocycles. The molecule has 6 heteroatoms. The first-order valence-electron chi connectivity index (χ1n) is 7.25. The Kier molecular flexibility index (Phi) is 3.54. The minimum atomic E-state index is -0.325. The third-order valence-corrected chi connectivity index (χ3v) is 4.32. The molecule has 0 unspecified atom stereocenters. The number of aromatic amines is 1. The standard InChI is InChI=1S/C18H11BrFN3O/c19-13-5-1-11(2-6-13)15-10-21-23-17(24)9-16(22-18(15)23)12-3-7-14(20)8-4-12/h1-10,21H. The van der Waals surface area contributed by atoms with Gasteiger partial charge in [-0.1, -0.05) is 28.1 Å². The molecule has 0 saturated heterocycles. The number of fused-ring (bicyclic) bond motifs is 1. The molecule has 4 rings (SSSR count). The minimum absolute atomic E-state index is 0.220. The highest BCUT2D eigenvalue weighted by atomic mass is 79.9. The molecule has 24 heavy (non-hydrogen) atoms. The van der Waals surface area contributed by atoms with Gasteiger partial charge in [0.15, 0.2) is 5.65 Å². The summed E-state index contributed by atoms with van der Waals surface area (Å²) in [6, 6.07) is 15.1. The van der Waals surface area contributed by atoms with Crippen molar-refractivity contribution in [3.8, 4) is 22.4 Å². The van der Waals surface area contributed by atoms with Crippen LogP contribution in [0.2, 0.25) is 0 Å². The molecule has 2 heterocycles. The van der Waals surface area contributed by atoms with Crippen molar-refractivity contribution in [1.29, 1.82) is 0 Å². The van der Waals surface area contributed by atoms with E-state index >= 15 is 0 Å². The fraction of sp³-hybridized carbons (Fsp3) is 0. The van der Waals surface area contributed by atoms with Gasteiger partial charge in [0.2, 0.25) is 0 Å². The van der Waals surface area contributed by atoms with E-state index in [1.54, 1.807) is 18.3 Å². The average Bonchev–Trinajstić information content (AvgIpc) is 3.01. The highest BCUT2D eigenvalue weighted by Gasteiger charge is 2.12. The largest absolute Gasteiger partial charge is 0.296 e. The summed E-state index contributed by atoms with van der Waals surface area (Å²) >= 11 is 3.41. The van der Waals surface area contributed by atoms with Crippen LogP contribution in [0.4, 0.5) is 4.39 Å². The molecule has 4 nitrogen and oxygen atoms in total. The minimum Gasteiger partial charge on any atom is -0.296 e. The van der Waals surface area contributed by atoms with Crippen LogP contribution < -0.4 is 5.56 Å². The summed E-state index contributed by atoms with van der Waals surface area (Å²) in [5, 5.41) is 2.93. The number of hydrogen-bond acceptors (Lipinski definition) is 2. The second-order valence-corrected chi connectivity index (χ2v) is 6.26. The first-order valence-corrected chi connectivity index (χ1v) is 8.04. The summed E-state index contributed by atoms with van der Waals surface area (Å²) in [6.07, 6.45) is 1.75. The average molecular weight is 384 g/mol. The zero-order valence-electron chi connectivity index (χ0n) is 12.3. The van der Waals surface area contributed by atoms with Crippen LogP contribution in [0.5, 0.6) is 0 Å². The molecule has 0 spiro atoms. The molecule has 0 aliphatic carbocycles. The molecule has 0 fully saturated rings. The van der Waals surface area contributed by atoms with E-state index in [-0.39, 0.29) is 11.4 Å². The van der Waals surface area contributed by atoms with E-state index in [1.165, 1.54) is 22.7 Å². The summed E-state index contributed by atoms with van der Waals surface area (Å²) in [5.41, 5.74) is 3.28. The molecule has 0 amide bonds. The summed E-state index contributed by atoms with van der Waals surface area (Å²) in [4.78, 5) is 16.9. The van der Waals surface area contributed by atoms with Crippen LogP contribution in [0, 0.1) is 5.82 Å². The Labute approximate surface area is 144 Å². The molecule has 0 aliphatic heterocycles. The van der Waals surface area contributed by atoms with Crippen molar-refractivity contribution in [2.24, 2.45) is 0 Å². The number of rotatable bonds is 2. The van der Waals surface area contributed by atoms with Gasteiger partial charge in [-0.3, -0.25) is 9.89 Å². The Bertz CT molecular complexity index is 1080. The van der Waals surface area contributed by atoms with Crippen molar-refractivity contribution in [1.82, 2.24) is 14.6 Å². The van der Waals surface area contributed by atoms with Gasteiger partial charge in [0.1, 0.15) is 5.82 Å². The van der Waals surface area contributed by atoms with Gasteiger partial charge in [-0.05, 0) is 42.0 Å². The van der Waals surface area contributed by atoms with Crippen LogP contribution in [-0.4, -0.2) is 14.6 Å². The Morgan fingerprint density at radius 2 is 1.67 bits per heavy atom. The van der Waals surface area contributed by atoms with Crippen LogP contribution in [-0.2, 0) is 0 Å². The van der Waals surface area contributed by atoms with Crippen molar-refractivity contribution >= 4 is 21.6 Å². The number of halogens is 2. The monoisotopic (exact) mass is 383 g/mol. The number of benzene rings is 2. The lowest BCUT2D eigenvalue weighted by Gasteiger charge is -2.03. The predicted octanol–water partition coefficient (Wildman–Crippen LogP) is 4.26. The maximum atomic E-state index is 13.1. The van der Waals surface area contributed by atoms with Gasteiger partial charge in [0, 0.05) is 27.9 Å². The summed E-state index contributed by atoms with van der Waals surface area (Å²) < 4.78 is 15.5. The van der Waals surface area contributed by atoms with Crippen molar-refractivity contribution in [2.75, 3.05) is 0 Å². The maximum Gasteiger partial charge on any atom is 0.273 e. The second-order valence-electron chi connectivity index (χ2n) is 5.34. The quantitative estimate of drug-likeness (QED) is 0.562. The molecule has 0 saturated carbocycles. The number of H-pyrrole nitrogens is 1. The van der Waals surface area contributed by atoms with Gasteiger partial charge < -0.3 is 0 Å². The lowest BCUT2D eigenvalue weighted by Crippen LogP contribution is -2.14. The fourth-order valence-electron chi connectivity index (χ4n) is 2.59. The molecular formula is C18H11BrFN3O. The lowest BCUT2D eigenvalue weighted by atomic mass is 10.1. The van der Waals surface area contributed by atoms with Crippen molar-refractivity contribution in [3.05, 3.63) is 81.4 Å². The van der Waals surface area contributed by atoms with Gasteiger partial charge in [-0.2, -0.15) is 0 Å². The van der Waals surface area contributed by atoms with E-state index in [1.807, 2.05) is 24.3 Å². The van der Waals surface area contributed by atoms with E-state index < -0.39 is 0 Å². The molecule has 2 aromatic heterocycles. The van der Waals surface area contributed by atoms with Gasteiger partial charge in [0.25, 0.3) is 5.56 Å². The van der Waals surface area contributed by atoms with E-state index in [4.69, 9.17) is 0 Å². The smallest absolute Gasteiger partial charge is 0.273 e. The molecule has 0 bridgehead atoms. The number of hydrogen-bond donors (Lipinski definition) is 1. The third-order valence-electron chi connectivity index (χ3n) is 3.79. The second kappa shape index (κ2) is 5.72. The van der Waals surface area contributed by atoms with E-state index in [9.17, 15) is 9.18 Å². The predicted molar refractivity (Wildman–Crippen MR) is 94.3 cm³/mol. The number of aromatic nitrogens is 3. The van der Waals surface area contributed by atoms with Gasteiger partial charge in [0.05, 0.1) is 5.69 Å². The lowest BCUT2D eigenvalue weighted by molar-refractivity contribution is 0.628. The molecule has 0 radical (unpaired) electrons. The summed E-state index contributed by atoms with van der Waals surface area (Å²) in [5.74, 6) is -0.325. The van der Waals surface area contributed by atoms with Crippen LogP contribution >= 0.6 is 15.9 Å². The Morgan fingerprint density at radius 1 is 1.00 bits per heavy atom. The maximum absolute atomic E-state index is 13.1. The molecule has 0 atom stereocenters. The van der Waals surface area contributed by atoms with Crippen molar-refractivity contribution < 1.29 is 4.39 Å². The van der Waals surface area contributed by atoms with Crippen LogP contribution in [0.3, 0.4) is 0 Å². The van der Waals surface area contributed by atoms with Gasteiger partial charge >= 0.3 is 0 Å². The van der Waals surface area contributed by atoms with Crippen molar-refractivity contribution in [2.45, 2.75) is 0 Å². The molecule has 1 N–H and O–H groups in total. The van der Waals surface area contributed by atoms with Crippen LogP contribution in [0.1, 0.15) is 0 Å². The number of nitrogens with one attached hydrogen (secondary N) is 1. The summed E-state index contributed by atoms with van der Waals surface area (Å²) in [6.45, 7) is 0. The SMILES string of the molecule is O=c1cc(-c2ccc(F)cc2)nc2c(-c3ccc(Br)cc3)c[nH]n12. The summed E-state index contributed by atoms with van der Waals surface area (Å²) in [7, 11) is 0. The molecule has 4 aromatic rings. The highest BCUT2D eigenvalue weighted by molar-refractivity contribution is 9.10. The third kappa shape index (κ3) is 2.55. The zero-order valence-corrected chi connectivity index (χ0v) is 13.9. The fourth-order valence-corrected chi connectivity index (χ4v) is 2.86. The Morgan fingerprint density at radius 3 is 2.38 bits per heavy atom. The molecule has 118 valence electrons. The highest BCUT2D eigenvalue weighted by Crippen LogP contribution is 2.26. The normalized spacial score (nSPS) is 11.1. The van der Waals surface area contributed by atoms with E-state index in [0.29, 0.717) is 16.9 Å². The van der Waals surface area contributed by atoms with Crippen LogP contribution in [0.25, 0.3) is 28.0 Å². The topological polar surface area (TPSA) is 50.2 Å². The molecular weight excluding hydrogens is 373 g/mol. The number of nitrogens with zero attached hydrogens (tertiary/aromatic N) is 2. The first-order chi connectivity index (χ1) is 11.6. The van der Waals surface area contributed by atoms with Gasteiger partial charge in [-0.15, -0.1) is 0 Å². The first kappa shape index (κ1) is 14.8.